The number of anilines is 1. The fourth-order valence-electron chi connectivity index (χ4n) is 4.46. The maximum atomic E-state index is 4.70. The molecular formula is C25H33N5. The number of allylic oxidation sites excluding steroid dienone is 1. The van der Waals surface area contributed by atoms with Gasteiger partial charge in [-0.05, 0) is 61.4 Å². The van der Waals surface area contributed by atoms with Gasteiger partial charge in [-0.25, -0.2) is 4.98 Å². The third kappa shape index (κ3) is 4.41. The average Bonchev–Trinajstić information content (AvgIpc) is 3.16. The summed E-state index contributed by atoms with van der Waals surface area (Å²) in [5, 5.41) is 10.2. The molecular weight excluding hydrogens is 370 g/mol. The Kier molecular flexibility index (Phi) is 5.91. The lowest BCUT2D eigenvalue weighted by atomic mass is 9.93. The van der Waals surface area contributed by atoms with Crippen molar-refractivity contribution in [2.24, 2.45) is 18.9 Å². The minimum absolute atomic E-state index is 0.507. The van der Waals surface area contributed by atoms with Gasteiger partial charge in [-0.3, -0.25) is 4.68 Å². The zero-order chi connectivity index (χ0) is 21.3. The fourth-order valence-corrected chi connectivity index (χ4v) is 4.46. The van der Waals surface area contributed by atoms with E-state index >= 15 is 0 Å². The number of aryl methyl sites for hydroxylation is 2. The maximum absolute atomic E-state index is 4.70. The van der Waals surface area contributed by atoms with E-state index < -0.39 is 0 Å². The van der Waals surface area contributed by atoms with Crippen LogP contribution in [-0.2, 0) is 7.05 Å². The molecule has 5 nitrogen and oxygen atoms in total. The molecule has 1 saturated heterocycles. The summed E-state index contributed by atoms with van der Waals surface area (Å²) in [4.78, 5) is 7.28. The smallest absolute Gasteiger partial charge is 0.133 e. The SMILES string of the molecule is C=C(Nc1ncc2ccc(-c3cnn(C)c3)cc2c1C)C1CCN(CC(C)C)CC1. The molecule has 0 radical (unpaired) electrons. The van der Waals surface area contributed by atoms with Crippen LogP contribution in [0.2, 0.25) is 0 Å². The molecule has 1 N–H and O–H groups in total. The number of nitrogens with zero attached hydrogens (tertiary/aromatic N) is 4. The molecule has 158 valence electrons. The van der Waals surface area contributed by atoms with Gasteiger partial charge in [0.25, 0.3) is 0 Å². The lowest BCUT2D eigenvalue weighted by Gasteiger charge is -2.34. The Morgan fingerprint density at radius 3 is 2.63 bits per heavy atom. The van der Waals surface area contributed by atoms with Gasteiger partial charge in [0.15, 0.2) is 0 Å². The summed E-state index contributed by atoms with van der Waals surface area (Å²) < 4.78 is 1.84. The molecule has 1 aliphatic heterocycles. The number of hydrogen-bond donors (Lipinski definition) is 1. The van der Waals surface area contributed by atoms with Gasteiger partial charge in [0.05, 0.1) is 6.20 Å². The van der Waals surface area contributed by atoms with Gasteiger partial charge >= 0.3 is 0 Å². The van der Waals surface area contributed by atoms with Crippen LogP contribution < -0.4 is 5.32 Å². The predicted molar refractivity (Wildman–Crippen MR) is 125 cm³/mol. The molecule has 0 amide bonds. The summed E-state index contributed by atoms with van der Waals surface area (Å²) in [6, 6.07) is 6.51. The highest BCUT2D eigenvalue weighted by atomic mass is 15.2. The standard InChI is InChI=1S/C25H33N5/c1-17(2)15-30-10-8-20(9-11-30)19(4)28-25-18(3)24-12-21(6-7-22(24)13-26-25)23-14-27-29(5)16-23/h6-7,12-14,16-17,20H,4,8-11,15H2,1-3,5H3,(H,26,28). The molecule has 3 aromatic rings. The number of rotatable bonds is 6. The summed E-state index contributed by atoms with van der Waals surface area (Å²) >= 11 is 0. The maximum Gasteiger partial charge on any atom is 0.133 e. The van der Waals surface area contributed by atoms with Crippen LogP contribution in [0.4, 0.5) is 5.82 Å². The van der Waals surface area contributed by atoms with E-state index in [1.807, 2.05) is 30.3 Å². The summed E-state index contributed by atoms with van der Waals surface area (Å²) in [5.41, 5.74) is 4.56. The summed E-state index contributed by atoms with van der Waals surface area (Å²) in [6.45, 7) is 14.6. The molecule has 0 spiro atoms. The van der Waals surface area contributed by atoms with Crippen molar-refractivity contribution in [1.29, 1.82) is 0 Å². The predicted octanol–water partition coefficient (Wildman–Crippen LogP) is 5.24. The van der Waals surface area contributed by atoms with Gasteiger partial charge in [0.1, 0.15) is 5.82 Å². The highest BCUT2D eigenvalue weighted by Crippen LogP contribution is 2.31. The highest BCUT2D eigenvalue weighted by molar-refractivity contribution is 5.91. The molecule has 0 saturated carbocycles. The summed E-state index contributed by atoms with van der Waals surface area (Å²) in [6.07, 6.45) is 8.23. The van der Waals surface area contributed by atoms with Gasteiger partial charge in [0, 0.05) is 48.6 Å². The molecule has 2 aromatic heterocycles. The normalized spacial score (nSPS) is 15.8. The lowest BCUT2D eigenvalue weighted by molar-refractivity contribution is 0.181. The topological polar surface area (TPSA) is 46.0 Å². The third-order valence-electron chi connectivity index (χ3n) is 6.17. The van der Waals surface area contributed by atoms with Gasteiger partial charge < -0.3 is 10.2 Å². The van der Waals surface area contributed by atoms with Crippen molar-refractivity contribution >= 4 is 16.6 Å². The molecule has 1 aromatic carbocycles. The van der Waals surface area contributed by atoms with Crippen molar-refractivity contribution in [1.82, 2.24) is 19.7 Å². The molecule has 1 fully saturated rings. The van der Waals surface area contributed by atoms with Crippen LogP contribution in [0, 0.1) is 18.8 Å². The number of piperidine rings is 1. The van der Waals surface area contributed by atoms with Gasteiger partial charge in [-0.15, -0.1) is 0 Å². The molecule has 1 aliphatic rings. The first kappa shape index (κ1) is 20.6. The monoisotopic (exact) mass is 403 g/mol. The number of benzene rings is 1. The molecule has 5 heteroatoms. The molecule has 4 rings (SSSR count). The van der Waals surface area contributed by atoms with E-state index in [-0.39, 0.29) is 0 Å². The first-order valence-electron chi connectivity index (χ1n) is 11.0. The molecule has 0 aliphatic carbocycles. The van der Waals surface area contributed by atoms with Gasteiger partial charge in [-0.1, -0.05) is 32.6 Å². The van der Waals surface area contributed by atoms with E-state index in [1.165, 1.54) is 17.5 Å². The van der Waals surface area contributed by atoms with Crippen molar-refractivity contribution in [3.63, 3.8) is 0 Å². The Hall–Kier alpha value is -2.66. The van der Waals surface area contributed by atoms with Crippen molar-refractivity contribution in [2.45, 2.75) is 33.6 Å². The minimum atomic E-state index is 0.507. The van der Waals surface area contributed by atoms with E-state index in [9.17, 15) is 0 Å². The Morgan fingerprint density at radius 2 is 1.97 bits per heavy atom. The summed E-state index contributed by atoms with van der Waals surface area (Å²) in [7, 11) is 1.95. The molecule has 30 heavy (non-hydrogen) atoms. The van der Waals surface area contributed by atoms with E-state index in [4.69, 9.17) is 4.98 Å². The molecule has 0 unspecified atom stereocenters. The van der Waals surface area contributed by atoms with E-state index in [0.717, 1.165) is 59.9 Å². The third-order valence-corrected chi connectivity index (χ3v) is 6.17. The average molecular weight is 404 g/mol. The zero-order valence-corrected chi connectivity index (χ0v) is 18.7. The second-order valence-corrected chi connectivity index (χ2v) is 9.06. The Bertz CT molecular complexity index is 1040. The van der Waals surface area contributed by atoms with Crippen LogP contribution in [0.15, 0.2) is 49.1 Å². The zero-order valence-electron chi connectivity index (χ0n) is 18.7. The van der Waals surface area contributed by atoms with Crippen molar-refractivity contribution in [2.75, 3.05) is 25.0 Å². The Morgan fingerprint density at radius 1 is 1.20 bits per heavy atom. The van der Waals surface area contributed by atoms with Crippen molar-refractivity contribution in [3.8, 4) is 11.1 Å². The van der Waals surface area contributed by atoms with Crippen LogP contribution in [0.3, 0.4) is 0 Å². The second kappa shape index (κ2) is 8.60. The number of nitrogens with one attached hydrogen (secondary N) is 1. The lowest BCUT2D eigenvalue weighted by Crippen LogP contribution is -2.37. The minimum Gasteiger partial charge on any atom is -0.344 e. The van der Waals surface area contributed by atoms with E-state index in [1.54, 1.807) is 0 Å². The van der Waals surface area contributed by atoms with Crippen LogP contribution in [-0.4, -0.2) is 39.3 Å². The number of fused-ring (bicyclic) bond motifs is 1. The number of pyridine rings is 1. The Labute approximate surface area is 179 Å². The van der Waals surface area contributed by atoms with Crippen LogP contribution in [0.5, 0.6) is 0 Å². The second-order valence-electron chi connectivity index (χ2n) is 9.06. The number of likely N-dealkylation sites (tertiary alicyclic amines) is 1. The van der Waals surface area contributed by atoms with Crippen LogP contribution in [0.1, 0.15) is 32.3 Å². The quantitative estimate of drug-likeness (QED) is 0.612. The summed E-state index contributed by atoms with van der Waals surface area (Å²) in [5.74, 6) is 2.15. The molecule has 0 atom stereocenters. The van der Waals surface area contributed by atoms with E-state index in [2.05, 4.69) is 60.9 Å². The molecule has 3 heterocycles. The Balaban J connectivity index is 1.50. The number of aromatic nitrogens is 3. The van der Waals surface area contributed by atoms with Crippen LogP contribution in [0.25, 0.3) is 21.9 Å². The van der Waals surface area contributed by atoms with E-state index in [0.29, 0.717) is 5.92 Å². The number of hydrogen-bond acceptors (Lipinski definition) is 4. The first-order chi connectivity index (χ1) is 14.4. The highest BCUT2D eigenvalue weighted by Gasteiger charge is 2.22. The largest absolute Gasteiger partial charge is 0.344 e. The first-order valence-corrected chi connectivity index (χ1v) is 11.0. The van der Waals surface area contributed by atoms with Crippen LogP contribution >= 0.6 is 0 Å². The molecule has 0 bridgehead atoms. The fraction of sp³-hybridized carbons (Fsp3) is 0.440. The van der Waals surface area contributed by atoms with Gasteiger partial charge in [-0.2, -0.15) is 5.10 Å². The van der Waals surface area contributed by atoms with Crippen molar-refractivity contribution in [3.05, 3.63) is 54.6 Å². The van der Waals surface area contributed by atoms with Gasteiger partial charge in [0.2, 0.25) is 0 Å². The van der Waals surface area contributed by atoms with Crippen molar-refractivity contribution < 1.29 is 0 Å².